The van der Waals surface area contributed by atoms with Gasteiger partial charge in [0.2, 0.25) is 0 Å². The molecular formula is C44H48O15. The maximum Gasteiger partial charge on any atom is 0.338 e. The minimum absolute atomic E-state index is 0.0318. The second-order valence-electron chi connectivity index (χ2n) is 16.0. The second kappa shape index (κ2) is 16.2. The number of esters is 6. The SMILES string of the molecule is C=C1C(OC(=O)C=Cc2ccccc2)CC(OC(C)=O)C2(COC(=O)c3ccccc3)C(OC(C)=O)C(OC(C)=O)C3(O)C4(C)OCC3(C)C(CC4=O)C(OC(C)=O)C12. The van der Waals surface area contributed by atoms with Crippen LogP contribution in [0, 0.1) is 22.7 Å². The maximum absolute atomic E-state index is 14.4. The molecule has 11 unspecified atom stereocenters. The highest BCUT2D eigenvalue weighted by atomic mass is 16.6. The van der Waals surface area contributed by atoms with Crippen LogP contribution in [0.4, 0.5) is 0 Å². The Morgan fingerprint density at radius 1 is 0.814 bits per heavy atom. The molecule has 1 aliphatic heterocycles. The highest BCUT2D eigenvalue weighted by Crippen LogP contribution is 2.67. The average molecular weight is 817 g/mol. The number of Topliss-reactive ketones (excluding diaryl/α,β-unsaturated/α-hetero) is 1. The quantitative estimate of drug-likeness (QED) is 0.156. The first-order chi connectivity index (χ1) is 27.8. The number of ether oxygens (including phenoxy) is 7. The lowest BCUT2D eigenvalue weighted by Gasteiger charge is -2.65. The smallest absolute Gasteiger partial charge is 0.338 e. The third-order valence-corrected chi connectivity index (χ3v) is 12.5. The summed E-state index contributed by atoms with van der Waals surface area (Å²) in [5, 5.41) is 13.4. The first-order valence-electron chi connectivity index (χ1n) is 19.2. The minimum Gasteiger partial charge on any atom is -0.462 e. The van der Waals surface area contributed by atoms with Crippen molar-refractivity contribution >= 4 is 47.7 Å². The van der Waals surface area contributed by atoms with Crippen molar-refractivity contribution in [2.75, 3.05) is 13.2 Å². The van der Waals surface area contributed by atoms with Gasteiger partial charge in [0, 0.05) is 63.9 Å². The molecule has 0 radical (unpaired) electrons. The Hall–Kier alpha value is -5.67. The number of benzene rings is 2. The molecule has 1 N–H and O–H groups in total. The van der Waals surface area contributed by atoms with Gasteiger partial charge in [-0.3, -0.25) is 24.0 Å². The molecule has 0 spiro atoms. The Morgan fingerprint density at radius 2 is 1.39 bits per heavy atom. The Balaban J connectivity index is 1.65. The van der Waals surface area contributed by atoms with Crippen molar-refractivity contribution in [2.24, 2.45) is 22.7 Å². The number of hydrogen-bond donors (Lipinski definition) is 1. The molecule has 0 amide bonds. The summed E-state index contributed by atoms with van der Waals surface area (Å²) in [5.74, 6) is -8.70. The number of rotatable bonds is 10. The van der Waals surface area contributed by atoms with Crippen molar-refractivity contribution in [2.45, 2.75) is 96.1 Å². The van der Waals surface area contributed by atoms with Crippen molar-refractivity contribution in [3.05, 3.63) is 90.0 Å². The van der Waals surface area contributed by atoms with Crippen LogP contribution in [0.25, 0.3) is 6.08 Å². The van der Waals surface area contributed by atoms with Crippen LogP contribution in [0.2, 0.25) is 0 Å². The largest absolute Gasteiger partial charge is 0.462 e. The lowest BCUT2D eigenvalue weighted by Crippen LogP contribution is -2.81. The summed E-state index contributed by atoms with van der Waals surface area (Å²) < 4.78 is 42.7. The number of hydrogen-bond acceptors (Lipinski definition) is 15. The van der Waals surface area contributed by atoms with E-state index < -0.39 is 119 Å². The average Bonchev–Trinajstić information content (AvgIpc) is 3.32. The predicted molar refractivity (Wildman–Crippen MR) is 205 cm³/mol. The van der Waals surface area contributed by atoms with E-state index in [9.17, 15) is 38.7 Å². The van der Waals surface area contributed by atoms with E-state index in [1.165, 1.54) is 31.2 Å². The minimum atomic E-state index is -2.54. The normalized spacial score (nSPS) is 34.7. The van der Waals surface area contributed by atoms with Gasteiger partial charge >= 0.3 is 35.8 Å². The molecule has 59 heavy (non-hydrogen) atoms. The fraction of sp³-hybridized carbons (Fsp3) is 0.477. The molecule has 3 aliphatic carbocycles. The standard InChI is InChI=1S/C44H48O15/c1-24-32(59-35(50)19-18-29-14-10-8-11-15-29)21-34(55-25(2)45)43(23-53-40(51)30-16-12-9-13-17-30)36(24)37(56-26(3)46)31-20-33(49)42(7)44(52,41(31,6)22-54-42)39(58-28(5)48)38(43)57-27(4)47/h8-19,31-32,34,36-39,52H,1,20-23H2,2-7H3. The van der Waals surface area contributed by atoms with Crippen LogP contribution in [-0.2, 0) is 61.9 Å². The molecule has 0 aromatic heterocycles. The Bertz CT molecular complexity index is 2060. The molecule has 15 heteroatoms. The van der Waals surface area contributed by atoms with Crippen molar-refractivity contribution < 1.29 is 71.8 Å². The fourth-order valence-electron chi connectivity index (χ4n) is 9.88. The van der Waals surface area contributed by atoms with Gasteiger partial charge in [-0.2, -0.15) is 0 Å². The molecule has 15 nitrogen and oxygen atoms in total. The lowest BCUT2D eigenvalue weighted by atomic mass is 9.43. The Labute approximate surface area is 340 Å². The molecular weight excluding hydrogens is 768 g/mol. The van der Waals surface area contributed by atoms with Gasteiger partial charge in [-0.15, -0.1) is 0 Å². The summed E-state index contributed by atoms with van der Waals surface area (Å²) in [7, 11) is 0. The molecule has 4 fully saturated rings. The zero-order valence-electron chi connectivity index (χ0n) is 33.7. The van der Waals surface area contributed by atoms with E-state index in [4.69, 9.17) is 33.2 Å². The molecule has 11 atom stereocenters. The van der Waals surface area contributed by atoms with Crippen LogP contribution in [-0.4, -0.2) is 102 Å². The molecule has 2 aromatic carbocycles. The van der Waals surface area contributed by atoms with E-state index in [1.54, 1.807) is 49.4 Å². The van der Waals surface area contributed by atoms with E-state index in [1.807, 2.05) is 6.07 Å². The van der Waals surface area contributed by atoms with E-state index in [0.717, 1.165) is 27.7 Å². The highest BCUT2D eigenvalue weighted by molar-refractivity contribution is 5.92. The number of ketones is 1. The highest BCUT2D eigenvalue weighted by Gasteiger charge is 2.83. The lowest BCUT2D eigenvalue weighted by molar-refractivity contribution is -0.302. The van der Waals surface area contributed by atoms with Crippen LogP contribution in [0.3, 0.4) is 0 Å². The van der Waals surface area contributed by atoms with Gasteiger partial charge in [0.15, 0.2) is 23.6 Å². The van der Waals surface area contributed by atoms with E-state index in [0.29, 0.717) is 5.56 Å². The molecule has 1 heterocycles. The summed E-state index contributed by atoms with van der Waals surface area (Å²) in [4.78, 5) is 95.0. The van der Waals surface area contributed by atoms with Crippen molar-refractivity contribution in [3.63, 3.8) is 0 Å². The number of carbonyl (C=O) groups is 7. The first kappa shape index (κ1) is 42.9. The van der Waals surface area contributed by atoms with Crippen LogP contribution in [0.15, 0.2) is 78.9 Å². The zero-order chi connectivity index (χ0) is 43.1. The van der Waals surface area contributed by atoms with Crippen molar-refractivity contribution in [3.8, 4) is 0 Å². The summed E-state index contributed by atoms with van der Waals surface area (Å²) in [6, 6.07) is 16.8. The van der Waals surface area contributed by atoms with Gasteiger partial charge in [-0.05, 0) is 36.3 Å². The molecule has 1 saturated heterocycles. The molecule has 6 rings (SSSR count). The fourth-order valence-corrected chi connectivity index (χ4v) is 9.88. The van der Waals surface area contributed by atoms with Gasteiger partial charge < -0.3 is 38.3 Å². The topological polar surface area (TPSA) is 204 Å². The van der Waals surface area contributed by atoms with Gasteiger partial charge in [-0.25, -0.2) is 9.59 Å². The van der Waals surface area contributed by atoms with Crippen LogP contribution in [0.5, 0.6) is 0 Å². The summed E-state index contributed by atoms with van der Waals surface area (Å²) in [5.41, 5.74) is -7.59. The zero-order valence-corrected chi connectivity index (χ0v) is 33.7. The predicted octanol–water partition coefficient (Wildman–Crippen LogP) is 3.89. The van der Waals surface area contributed by atoms with Crippen LogP contribution >= 0.6 is 0 Å². The summed E-state index contributed by atoms with van der Waals surface area (Å²) in [6.45, 7) is 10.4. The Morgan fingerprint density at radius 3 is 1.98 bits per heavy atom. The third kappa shape index (κ3) is 7.35. The van der Waals surface area contributed by atoms with Crippen LogP contribution in [0.1, 0.15) is 70.3 Å². The molecule has 4 aliphatic rings. The van der Waals surface area contributed by atoms with Crippen LogP contribution < -0.4 is 0 Å². The summed E-state index contributed by atoms with van der Waals surface area (Å²) >= 11 is 0. The van der Waals surface area contributed by atoms with Crippen molar-refractivity contribution in [1.82, 2.24) is 0 Å². The molecule has 314 valence electrons. The number of aliphatic hydroxyl groups is 1. The number of carbonyl (C=O) groups excluding carboxylic acids is 7. The monoisotopic (exact) mass is 816 g/mol. The van der Waals surface area contributed by atoms with E-state index in [2.05, 4.69) is 6.58 Å². The van der Waals surface area contributed by atoms with Crippen molar-refractivity contribution in [1.29, 1.82) is 0 Å². The molecule has 4 bridgehead atoms. The van der Waals surface area contributed by atoms with E-state index in [-0.39, 0.29) is 24.2 Å². The van der Waals surface area contributed by atoms with E-state index >= 15 is 0 Å². The molecule has 2 aromatic rings. The summed E-state index contributed by atoms with van der Waals surface area (Å²) in [6.07, 6.45) is -6.44. The maximum atomic E-state index is 14.4. The third-order valence-electron chi connectivity index (χ3n) is 12.5. The van der Waals surface area contributed by atoms with Gasteiger partial charge in [0.1, 0.15) is 30.5 Å². The van der Waals surface area contributed by atoms with Gasteiger partial charge in [-0.1, -0.05) is 62.0 Å². The molecule has 3 saturated carbocycles. The van der Waals surface area contributed by atoms with Gasteiger partial charge in [0.25, 0.3) is 0 Å². The first-order valence-corrected chi connectivity index (χ1v) is 19.2. The van der Waals surface area contributed by atoms with Gasteiger partial charge in [0.05, 0.1) is 17.6 Å². The number of fused-ring (bicyclic) bond motifs is 1. The second-order valence-corrected chi connectivity index (χ2v) is 16.0. The Kier molecular flexibility index (Phi) is 11.8.